The Bertz CT molecular complexity index is 797. The molecule has 0 saturated carbocycles. The predicted octanol–water partition coefficient (Wildman–Crippen LogP) is 1.61. The van der Waals surface area contributed by atoms with E-state index >= 15 is 0 Å². The Labute approximate surface area is 150 Å². The minimum absolute atomic E-state index is 0.00438. The number of anilines is 1. The molecule has 1 fully saturated rings. The van der Waals surface area contributed by atoms with Crippen molar-refractivity contribution < 1.29 is 4.79 Å². The van der Waals surface area contributed by atoms with E-state index in [1.807, 2.05) is 23.4 Å². The molecule has 0 radical (unpaired) electrons. The molecule has 7 nitrogen and oxygen atoms in total. The summed E-state index contributed by atoms with van der Waals surface area (Å²) in [6.45, 7) is 3.93. The molecule has 3 N–H and O–H groups in total. The number of carbonyl (C=O) groups excluding carboxylic acids is 1. The van der Waals surface area contributed by atoms with Gasteiger partial charge in [0.1, 0.15) is 17.8 Å². The Morgan fingerprint density at radius 1 is 1.48 bits per heavy atom. The predicted molar refractivity (Wildman–Crippen MR) is 100 cm³/mol. The highest BCUT2D eigenvalue weighted by Gasteiger charge is 2.25. The van der Waals surface area contributed by atoms with Crippen LogP contribution in [0.1, 0.15) is 19.8 Å². The summed E-state index contributed by atoms with van der Waals surface area (Å²) in [4.78, 5) is 27.2. The Morgan fingerprint density at radius 3 is 3.24 bits per heavy atom. The molecule has 2 aromatic heterocycles. The van der Waals surface area contributed by atoms with E-state index in [0.29, 0.717) is 6.04 Å². The number of aromatic amines is 1. The number of nitrogens with zero attached hydrogens (tertiary/aromatic N) is 3. The summed E-state index contributed by atoms with van der Waals surface area (Å²) >= 11 is 1.60. The molecule has 25 heavy (non-hydrogen) atoms. The quantitative estimate of drug-likeness (QED) is 0.770. The van der Waals surface area contributed by atoms with Gasteiger partial charge >= 0.3 is 0 Å². The minimum atomic E-state index is -0.00438. The lowest BCUT2D eigenvalue weighted by molar-refractivity contribution is -0.117. The molecule has 1 saturated heterocycles. The molecule has 4 rings (SSSR count). The number of aromatic nitrogens is 3. The van der Waals surface area contributed by atoms with Crippen molar-refractivity contribution in [2.75, 3.05) is 23.7 Å². The molecule has 132 valence electrons. The van der Waals surface area contributed by atoms with Gasteiger partial charge in [-0.2, -0.15) is 0 Å². The van der Waals surface area contributed by atoms with Gasteiger partial charge in [0.05, 0.1) is 10.3 Å². The number of thioether (sulfide) groups is 1. The largest absolute Gasteiger partial charge is 0.348 e. The second kappa shape index (κ2) is 7.05. The monoisotopic (exact) mass is 358 g/mol. The third kappa shape index (κ3) is 3.36. The summed E-state index contributed by atoms with van der Waals surface area (Å²) in [5.74, 6) is 1.68. The molecule has 2 aliphatic heterocycles. The van der Waals surface area contributed by atoms with Crippen LogP contribution in [-0.2, 0) is 4.79 Å². The summed E-state index contributed by atoms with van der Waals surface area (Å²) < 4.78 is 0. The average molecular weight is 358 g/mol. The third-order valence-corrected chi connectivity index (χ3v) is 5.74. The maximum Gasteiger partial charge on any atom is 0.259 e. The van der Waals surface area contributed by atoms with E-state index < -0.39 is 0 Å². The first-order valence-corrected chi connectivity index (χ1v) is 9.64. The molecule has 4 heterocycles. The molecule has 2 aromatic rings. The number of carbonyl (C=O) groups is 1. The van der Waals surface area contributed by atoms with Gasteiger partial charge in [-0.25, -0.2) is 9.97 Å². The van der Waals surface area contributed by atoms with Gasteiger partial charge in [-0.15, -0.1) is 11.8 Å². The number of hydrogen-bond donors (Lipinski definition) is 3. The van der Waals surface area contributed by atoms with Crippen LogP contribution in [0.5, 0.6) is 0 Å². The number of nitrogens with one attached hydrogen (secondary N) is 3. The van der Waals surface area contributed by atoms with Crippen molar-refractivity contribution in [1.29, 1.82) is 0 Å². The zero-order chi connectivity index (χ0) is 17.2. The molecule has 0 bridgehead atoms. The van der Waals surface area contributed by atoms with Gasteiger partial charge in [0, 0.05) is 36.8 Å². The lowest BCUT2D eigenvalue weighted by Gasteiger charge is -2.27. The highest BCUT2D eigenvalue weighted by atomic mass is 32.2. The number of amides is 1. The first-order valence-electron chi connectivity index (χ1n) is 8.66. The molecule has 0 spiro atoms. The van der Waals surface area contributed by atoms with Crippen LogP contribution in [0.3, 0.4) is 0 Å². The fourth-order valence-electron chi connectivity index (χ4n) is 3.39. The van der Waals surface area contributed by atoms with Crippen molar-refractivity contribution in [3.63, 3.8) is 0 Å². The normalized spacial score (nSPS) is 22.0. The third-order valence-electron chi connectivity index (χ3n) is 4.75. The topological polar surface area (TPSA) is 85.9 Å². The highest BCUT2D eigenvalue weighted by molar-refractivity contribution is 8.04. The van der Waals surface area contributed by atoms with Gasteiger partial charge in [-0.05, 0) is 32.4 Å². The first kappa shape index (κ1) is 16.4. The second-order valence-electron chi connectivity index (χ2n) is 6.44. The Balaban J connectivity index is 1.52. The van der Waals surface area contributed by atoms with Crippen LogP contribution < -0.4 is 15.5 Å². The molecule has 1 amide bonds. The molecular weight excluding hydrogens is 336 g/mol. The molecule has 0 aromatic carbocycles. The maximum atomic E-state index is 12.7. The standard InChI is InChI=1S/C17H22N6OS/c1-11(13-3-2-5-18-13)22-17(24)14-9-23(7-8-25-14)16-12-4-6-19-15(12)20-10-21-16/h4,6,9-11,13,18H,2-3,5,7-8H2,1H3,(H,22,24)(H,19,20,21)/t11?,13-/m0/s1. The van der Waals surface area contributed by atoms with Crippen molar-refractivity contribution in [1.82, 2.24) is 25.6 Å². The molecule has 8 heteroatoms. The van der Waals surface area contributed by atoms with Gasteiger partial charge < -0.3 is 20.5 Å². The summed E-state index contributed by atoms with van der Waals surface area (Å²) in [6.07, 6.45) is 7.61. The molecule has 2 atom stereocenters. The van der Waals surface area contributed by atoms with Crippen LogP contribution in [0.15, 0.2) is 29.7 Å². The van der Waals surface area contributed by atoms with Crippen LogP contribution in [0.2, 0.25) is 0 Å². The summed E-state index contributed by atoms with van der Waals surface area (Å²) in [5, 5.41) is 7.55. The van der Waals surface area contributed by atoms with Crippen LogP contribution in [0, 0.1) is 0 Å². The Morgan fingerprint density at radius 2 is 2.40 bits per heavy atom. The van der Waals surface area contributed by atoms with E-state index in [-0.39, 0.29) is 11.9 Å². The van der Waals surface area contributed by atoms with E-state index in [1.165, 1.54) is 6.42 Å². The summed E-state index contributed by atoms with van der Waals surface area (Å²) in [5.41, 5.74) is 0.809. The van der Waals surface area contributed by atoms with Gasteiger partial charge in [0.2, 0.25) is 0 Å². The SMILES string of the molecule is CC(NC(=O)C1=CN(c2ncnc3[nH]ccc23)CCS1)[C@@H]1CCCN1. The summed E-state index contributed by atoms with van der Waals surface area (Å²) in [7, 11) is 0. The van der Waals surface area contributed by atoms with Crippen LogP contribution in [0.25, 0.3) is 11.0 Å². The van der Waals surface area contributed by atoms with Crippen molar-refractivity contribution >= 4 is 34.5 Å². The van der Waals surface area contributed by atoms with E-state index in [4.69, 9.17) is 0 Å². The van der Waals surface area contributed by atoms with E-state index in [9.17, 15) is 4.79 Å². The Hall–Kier alpha value is -2.06. The highest BCUT2D eigenvalue weighted by Crippen LogP contribution is 2.29. The number of fused-ring (bicyclic) bond motifs is 1. The number of rotatable bonds is 4. The average Bonchev–Trinajstić information content (AvgIpc) is 3.33. The number of hydrogen-bond acceptors (Lipinski definition) is 6. The lowest BCUT2D eigenvalue weighted by atomic mass is 10.1. The van der Waals surface area contributed by atoms with Gasteiger partial charge in [-0.3, -0.25) is 4.79 Å². The fourth-order valence-corrected chi connectivity index (χ4v) is 4.29. The molecule has 1 unspecified atom stereocenters. The van der Waals surface area contributed by atoms with Crippen molar-refractivity contribution in [3.05, 3.63) is 29.7 Å². The van der Waals surface area contributed by atoms with Crippen molar-refractivity contribution in [2.24, 2.45) is 0 Å². The van der Waals surface area contributed by atoms with E-state index in [2.05, 4.69) is 32.5 Å². The molecule has 2 aliphatic rings. The summed E-state index contributed by atoms with van der Waals surface area (Å²) in [6, 6.07) is 2.46. The fraction of sp³-hybridized carbons (Fsp3) is 0.471. The molecule has 0 aliphatic carbocycles. The van der Waals surface area contributed by atoms with Crippen molar-refractivity contribution in [2.45, 2.75) is 31.8 Å². The Kier molecular flexibility index (Phi) is 4.63. The number of H-pyrrole nitrogens is 1. The van der Waals surface area contributed by atoms with Crippen molar-refractivity contribution in [3.8, 4) is 0 Å². The van der Waals surface area contributed by atoms with Gasteiger partial charge in [-0.1, -0.05) is 0 Å². The van der Waals surface area contributed by atoms with E-state index in [1.54, 1.807) is 18.1 Å². The van der Waals surface area contributed by atoms with E-state index in [0.717, 1.165) is 47.0 Å². The zero-order valence-electron chi connectivity index (χ0n) is 14.2. The van der Waals surface area contributed by atoms with Crippen LogP contribution in [-0.4, -0.2) is 51.8 Å². The van der Waals surface area contributed by atoms with Gasteiger partial charge in [0.15, 0.2) is 0 Å². The zero-order valence-corrected chi connectivity index (χ0v) is 15.0. The lowest BCUT2D eigenvalue weighted by Crippen LogP contribution is -2.46. The first-order chi connectivity index (χ1) is 12.2. The van der Waals surface area contributed by atoms with Gasteiger partial charge in [0.25, 0.3) is 5.91 Å². The van der Waals surface area contributed by atoms with Crippen LogP contribution in [0.4, 0.5) is 5.82 Å². The second-order valence-corrected chi connectivity index (χ2v) is 7.57. The maximum absolute atomic E-state index is 12.7. The smallest absolute Gasteiger partial charge is 0.259 e. The molecular formula is C17H22N6OS. The minimum Gasteiger partial charge on any atom is -0.348 e. The van der Waals surface area contributed by atoms with Crippen LogP contribution >= 0.6 is 11.8 Å².